The zero-order valence-corrected chi connectivity index (χ0v) is 20.2. The Balaban J connectivity index is 1.94. The Bertz CT molecular complexity index is 690. The number of rotatable bonds is 5. The van der Waals surface area contributed by atoms with Gasteiger partial charge in [-0.25, -0.2) is 0 Å². The molecule has 1 saturated heterocycles. The monoisotopic (exact) mass is 418 g/mol. The second-order valence-corrected chi connectivity index (χ2v) is 16.2. The van der Waals surface area contributed by atoms with Gasteiger partial charge in [0.05, 0.1) is 26.2 Å². The Hall–Kier alpha value is -1.17. The molecule has 0 radical (unpaired) electrons. The van der Waals surface area contributed by atoms with Crippen LogP contribution in [-0.2, 0) is 25.3 Å². The van der Waals surface area contributed by atoms with Crippen LogP contribution in [0.25, 0.3) is 0 Å². The summed E-state index contributed by atoms with van der Waals surface area (Å²) in [5, 5.41) is 0.0774. The van der Waals surface area contributed by atoms with E-state index in [2.05, 4.69) is 53.7 Å². The number of benzene rings is 1. The molecule has 1 heterocycles. The number of carbonyl (C=O) groups is 1. The highest BCUT2D eigenvalue weighted by Gasteiger charge is 2.70. The van der Waals surface area contributed by atoms with Crippen LogP contribution in [0.4, 0.5) is 0 Å². The molecule has 2 aliphatic rings. The molecule has 0 aromatic heterocycles. The predicted molar refractivity (Wildman–Crippen MR) is 118 cm³/mol. The van der Waals surface area contributed by atoms with E-state index in [-0.39, 0.29) is 39.5 Å². The van der Waals surface area contributed by atoms with Gasteiger partial charge in [-0.15, -0.1) is 0 Å². The van der Waals surface area contributed by atoms with Gasteiger partial charge in [-0.05, 0) is 28.5 Å². The molecule has 1 aliphatic carbocycles. The first-order valence-corrected chi connectivity index (χ1v) is 12.9. The van der Waals surface area contributed by atoms with Crippen molar-refractivity contribution in [1.82, 2.24) is 0 Å². The minimum Gasteiger partial charge on any atom is -0.469 e. The minimum absolute atomic E-state index is 0.0387. The van der Waals surface area contributed by atoms with Crippen molar-refractivity contribution >= 4 is 14.3 Å². The molecule has 29 heavy (non-hydrogen) atoms. The Morgan fingerprint density at radius 2 is 1.69 bits per heavy atom. The van der Waals surface area contributed by atoms with E-state index in [1.54, 1.807) is 0 Å². The van der Waals surface area contributed by atoms with Gasteiger partial charge in [0.25, 0.3) is 0 Å². The van der Waals surface area contributed by atoms with E-state index in [4.69, 9.17) is 13.9 Å². The van der Waals surface area contributed by atoms with E-state index in [9.17, 15) is 4.79 Å². The zero-order valence-electron chi connectivity index (χ0n) is 19.2. The van der Waals surface area contributed by atoms with Gasteiger partial charge >= 0.3 is 5.97 Å². The average molecular weight is 419 g/mol. The zero-order chi connectivity index (χ0) is 21.4. The first kappa shape index (κ1) is 22.5. The lowest BCUT2D eigenvalue weighted by molar-refractivity contribution is -0.147. The third-order valence-corrected chi connectivity index (χ3v) is 13.8. The van der Waals surface area contributed by atoms with Crippen LogP contribution in [0.3, 0.4) is 0 Å². The van der Waals surface area contributed by atoms with Gasteiger partial charge in [0.2, 0.25) is 8.32 Å². The van der Waals surface area contributed by atoms with Crippen LogP contribution in [0.15, 0.2) is 30.3 Å². The van der Waals surface area contributed by atoms with Crippen LogP contribution in [0.5, 0.6) is 0 Å². The average Bonchev–Trinajstić information content (AvgIpc) is 3.19. The quantitative estimate of drug-likeness (QED) is 0.453. The first-order valence-electron chi connectivity index (χ1n) is 10.9. The molecular formula is C24H38O4Si. The third kappa shape index (κ3) is 3.93. The summed E-state index contributed by atoms with van der Waals surface area (Å²) in [6.07, 6.45) is 1.95. The number of hydrogen-bond donors (Lipinski definition) is 0. The molecule has 1 aromatic rings. The molecule has 5 heteroatoms. The Morgan fingerprint density at radius 3 is 2.24 bits per heavy atom. The second kappa shape index (κ2) is 8.16. The van der Waals surface area contributed by atoms with Crippen molar-refractivity contribution in [3.63, 3.8) is 0 Å². The molecule has 0 N–H and O–H groups in total. The van der Waals surface area contributed by atoms with Crippen molar-refractivity contribution in [3.05, 3.63) is 35.9 Å². The highest BCUT2D eigenvalue weighted by molar-refractivity contribution is 6.81. The van der Waals surface area contributed by atoms with E-state index >= 15 is 0 Å². The van der Waals surface area contributed by atoms with Crippen LogP contribution in [0.1, 0.15) is 59.9 Å². The normalized spacial score (nSPS) is 28.9. The highest BCUT2D eigenvalue weighted by atomic mass is 28.4. The topological polar surface area (TPSA) is 44.8 Å². The standard InChI is InChI=1S/C24H38O4Si/c1-23(2,3)29(24(4,5)6)20(16-27-15-17-11-9-8-10-12-17)21-18(22(25)26-7)13-14-19(21)28-29/h8-12,18-21H,13-16H2,1-7H3/t18-,19-,20+,21+/m1/s1. The predicted octanol–water partition coefficient (Wildman–Crippen LogP) is 5.72. The lowest BCUT2D eigenvalue weighted by atomic mass is 9.91. The summed E-state index contributed by atoms with van der Waals surface area (Å²) >= 11 is 0. The maximum Gasteiger partial charge on any atom is 0.309 e. The molecule has 1 aromatic carbocycles. The lowest BCUT2D eigenvalue weighted by Gasteiger charge is -2.52. The lowest BCUT2D eigenvalue weighted by Crippen LogP contribution is -2.57. The van der Waals surface area contributed by atoms with Crippen molar-refractivity contribution in [2.45, 2.75) is 82.7 Å². The van der Waals surface area contributed by atoms with Crippen molar-refractivity contribution in [2.24, 2.45) is 11.8 Å². The summed E-state index contributed by atoms with van der Waals surface area (Å²) in [7, 11) is -0.828. The minimum atomic E-state index is -2.33. The number of carbonyl (C=O) groups excluding carboxylic acids is 1. The van der Waals surface area contributed by atoms with Crippen molar-refractivity contribution in [3.8, 4) is 0 Å². The maximum atomic E-state index is 12.6. The summed E-state index contributed by atoms with van der Waals surface area (Å²) in [6, 6.07) is 10.3. The molecule has 4 nitrogen and oxygen atoms in total. The Labute approximate surface area is 177 Å². The number of ether oxygens (including phenoxy) is 2. The summed E-state index contributed by atoms with van der Waals surface area (Å²) < 4.78 is 18.6. The molecule has 1 saturated carbocycles. The highest BCUT2D eigenvalue weighted by Crippen LogP contribution is 2.67. The van der Waals surface area contributed by atoms with Gasteiger partial charge in [-0.3, -0.25) is 4.79 Å². The fourth-order valence-corrected chi connectivity index (χ4v) is 13.8. The molecule has 3 rings (SSSR count). The Morgan fingerprint density at radius 1 is 1.07 bits per heavy atom. The van der Waals surface area contributed by atoms with Gasteiger partial charge < -0.3 is 13.9 Å². The van der Waals surface area contributed by atoms with Gasteiger partial charge in [0.1, 0.15) is 0 Å². The molecule has 162 valence electrons. The molecule has 0 unspecified atom stereocenters. The SMILES string of the molecule is COC(=O)[C@@H]1CC[C@H]2O[Si](C(C)(C)C)(C(C)(C)C)[C@@H](COCc3ccccc3)[C@H]21. The smallest absolute Gasteiger partial charge is 0.309 e. The largest absolute Gasteiger partial charge is 0.469 e. The molecule has 0 spiro atoms. The first-order chi connectivity index (χ1) is 13.5. The van der Waals surface area contributed by atoms with Crippen LogP contribution in [0, 0.1) is 11.8 Å². The van der Waals surface area contributed by atoms with Crippen LogP contribution < -0.4 is 0 Å². The number of esters is 1. The molecule has 0 bridgehead atoms. The van der Waals surface area contributed by atoms with E-state index in [0.29, 0.717) is 13.2 Å². The number of fused-ring (bicyclic) bond motifs is 1. The molecule has 4 atom stereocenters. The third-order valence-electron chi connectivity index (χ3n) is 7.12. The van der Waals surface area contributed by atoms with Gasteiger partial charge in [0, 0.05) is 17.6 Å². The van der Waals surface area contributed by atoms with Gasteiger partial charge in [-0.2, -0.15) is 0 Å². The van der Waals surface area contributed by atoms with Gasteiger partial charge in [0.15, 0.2) is 0 Å². The molecule has 1 aliphatic heterocycles. The fraction of sp³-hybridized carbons (Fsp3) is 0.708. The summed E-state index contributed by atoms with van der Waals surface area (Å²) in [4.78, 5) is 12.6. The molecule has 2 fully saturated rings. The Kier molecular flexibility index (Phi) is 6.33. The van der Waals surface area contributed by atoms with Crippen LogP contribution in [-0.4, -0.2) is 34.1 Å². The number of methoxy groups -OCH3 is 1. The van der Waals surface area contributed by atoms with E-state index in [1.807, 2.05) is 18.2 Å². The van der Waals surface area contributed by atoms with Gasteiger partial charge in [-0.1, -0.05) is 71.9 Å². The van der Waals surface area contributed by atoms with Crippen LogP contribution in [0.2, 0.25) is 15.6 Å². The summed E-state index contributed by atoms with van der Waals surface area (Å²) in [5.74, 6) is 0.0412. The molecule has 0 amide bonds. The van der Waals surface area contributed by atoms with Crippen molar-refractivity contribution in [1.29, 1.82) is 0 Å². The van der Waals surface area contributed by atoms with Crippen molar-refractivity contribution in [2.75, 3.05) is 13.7 Å². The summed E-state index contributed by atoms with van der Waals surface area (Å²) in [6.45, 7) is 15.2. The summed E-state index contributed by atoms with van der Waals surface area (Å²) in [5.41, 5.74) is 1.44. The van der Waals surface area contributed by atoms with E-state index in [0.717, 1.165) is 12.8 Å². The van der Waals surface area contributed by atoms with Crippen LogP contribution >= 0.6 is 0 Å². The fourth-order valence-electron chi connectivity index (χ4n) is 6.39. The second-order valence-electron chi connectivity index (χ2n) is 10.8. The van der Waals surface area contributed by atoms with E-state index in [1.165, 1.54) is 12.7 Å². The number of hydrogen-bond acceptors (Lipinski definition) is 4. The van der Waals surface area contributed by atoms with Crippen molar-refractivity contribution < 1.29 is 18.7 Å². The van der Waals surface area contributed by atoms with E-state index < -0.39 is 8.32 Å². The molecular weight excluding hydrogens is 380 g/mol. The maximum absolute atomic E-state index is 12.6.